The predicted octanol–water partition coefficient (Wildman–Crippen LogP) is 2.69. The Balaban J connectivity index is 1.56. The van der Waals surface area contributed by atoms with E-state index in [2.05, 4.69) is 22.3 Å². The van der Waals surface area contributed by atoms with Crippen LogP contribution < -0.4 is 5.32 Å². The zero-order chi connectivity index (χ0) is 16.8. The average molecular weight is 329 g/mol. The van der Waals surface area contributed by atoms with E-state index in [1.54, 1.807) is 11.0 Å². The van der Waals surface area contributed by atoms with Crippen LogP contribution in [-0.4, -0.2) is 51.5 Å². The molecule has 0 spiro atoms. The first-order chi connectivity index (χ1) is 11.8. The van der Waals surface area contributed by atoms with Gasteiger partial charge in [-0.25, -0.2) is 14.5 Å². The number of carbonyl (C=O) groups excluding carboxylic acids is 1. The SMILES string of the molecule is CCCO[C@@H]1CCCN(C(=O)Nc2ccc(-n3cncn3)cc2)C1. The van der Waals surface area contributed by atoms with E-state index >= 15 is 0 Å². The standard InChI is InChI=1S/C17H23N5O2/c1-2-10-24-16-4-3-9-21(11-16)17(23)20-14-5-7-15(8-6-14)22-13-18-12-19-22/h5-8,12-13,16H,2-4,9-11H2,1H3,(H,20,23)/t16-/m1/s1. The zero-order valence-electron chi connectivity index (χ0n) is 13.9. The van der Waals surface area contributed by atoms with Crippen molar-refractivity contribution in [2.75, 3.05) is 25.0 Å². The first kappa shape index (κ1) is 16.4. The van der Waals surface area contributed by atoms with Gasteiger partial charge in [-0.1, -0.05) is 6.92 Å². The molecule has 1 aliphatic heterocycles. The summed E-state index contributed by atoms with van der Waals surface area (Å²) in [6, 6.07) is 7.45. The molecule has 1 N–H and O–H groups in total. The zero-order valence-corrected chi connectivity index (χ0v) is 13.9. The summed E-state index contributed by atoms with van der Waals surface area (Å²) in [6.07, 6.45) is 6.28. The van der Waals surface area contributed by atoms with Gasteiger partial charge >= 0.3 is 6.03 Å². The topological polar surface area (TPSA) is 72.3 Å². The number of piperidine rings is 1. The molecule has 24 heavy (non-hydrogen) atoms. The number of likely N-dealkylation sites (tertiary alicyclic amines) is 1. The van der Waals surface area contributed by atoms with Gasteiger partial charge in [0.1, 0.15) is 12.7 Å². The van der Waals surface area contributed by atoms with E-state index < -0.39 is 0 Å². The van der Waals surface area contributed by atoms with Crippen molar-refractivity contribution in [3.63, 3.8) is 0 Å². The molecule has 1 atom stereocenters. The molecule has 0 unspecified atom stereocenters. The third kappa shape index (κ3) is 4.11. The number of hydrogen-bond donors (Lipinski definition) is 1. The van der Waals surface area contributed by atoms with Gasteiger partial charge in [0.2, 0.25) is 0 Å². The first-order valence-corrected chi connectivity index (χ1v) is 8.39. The molecular weight excluding hydrogens is 306 g/mol. The number of rotatable bonds is 5. The molecular formula is C17H23N5O2. The summed E-state index contributed by atoms with van der Waals surface area (Å²) >= 11 is 0. The van der Waals surface area contributed by atoms with E-state index in [0.29, 0.717) is 6.54 Å². The monoisotopic (exact) mass is 329 g/mol. The number of ether oxygens (including phenoxy) is 1. The summed E-state index contributed by atoms with van der Waals surface area (Å²) in [4.78, 5) is 18.2. The van der Waals surface area contributed by atoms with Crippen LogP contribution in [0.15, 0.2) is 36.9 Å². The second-order valence-electron chi connectivity index (χ2n) is 5.90. The van der Waals surface area contributed by atoms with Gasteiger partial charge in [0.05, 0.1) is 11.8 Å². The third-order valence-corrected chi connectivity index (χ3v) is 4.02. The Labute approximate surface area is 141 Å². The lowest BCUT2D eigenvalue weighted by Gasteiger charge is -2.32. The fourth-order valence-electron chi connectivity index (χ4n) is 2.78. The second kappa shape index (κ2) is 7.92. The Hall–Kier alpha value is -2.41. The predicted molar refractivity (Wildman–Crippen MR) is 91.2 cm³/mol. The molecule has 1 aromatic carbocycles. The molecule has 2 aromatic rings. The number of aromatic nitrogens is 3. The quantitative estimate of drug-likeness (QED) is 0.915. The van der Waals surface area contributed by atoms with Crippen LogP contribution in [0.5, 0.6) is 0 Å². The molecule has 2 heterocycles. The first-order valence-electron chi connectivity index (χ1n) is 8.39. The van der Waals surface area contributed by atoms with Crippen molar-refractivity contribution in [1.29, 1.82) is 0 Å². The highest BCUT2D eigenvalue weighted by molar-refractivity contribution is 5.89. The van der Waals surface area contributed by atoms with Crippen LogP contribution in [0.25, 0.3) is 5.69 Å². The number of amides is 2. The highest BCUT2D eigenvalue weighted by atomic mass is 16.5. The summed E-state index contributed by atoms with van der Waals surface area (Å²) in [5, 5.41) is 7.03. The van der Waals surface area contributed by atoms with Gasteiger partial charge in [0.15, 0.2) is 0 Å². The van der Waals surface area contributed by atoms with Gasteiger partial charge in [-0.05, 0) is 43.5 Å². The van der Waals surface area contributed by atoms with Crippen molar-refractivity contribution in [2.24, 2.45) is 0 Å². The maximum atomic E-state index is 12.4. The van der Waals surface area contributed by atoms with Crippen molar-refractivity contribution >= 4 is 11.7 Å². The minimum absolute atomic E-state index is 0.0756. The maximum Gasteiger partial charge on any atom is 0.321 e. The van der Waals surface area contributed by atoms with Crippen LogP contribution in [0.4, 0.5) is 10.5 Å². The Bertz CT molecular complexity index is 642. The van der Waals surface area contributed by atoms with Gasteiger partial charge in [-0.15, -0.1) is 0 Å². The van der Waals surface area contributed by atoms with Crippen LogP contribution in [0.3, 0.4) is 0 Å². The summed E-state index contributed by atoms with van der Waals surface area (Å²) in [5.74, 6) is 0. The molecule has 0 radical (unpaired) electrons. The Morgan fingerprint density at radius 2 is 2.21 bits per heavy atom. The number of benzene rings is 1. The summed E-state index contributed by atoms with van der Waals surface area (Å²) < 4.78 is 7.46. The highest BCUT2D eigenvalue weighted by Crippen LogP contribution is 2.17. The van der Waals surface area contributed by atoms with Crippen LogP contribution in [-0.2, 0) is 4.74 Å². The van der Waals surface area contributed by atoms with Gasteiger partial charge in [0, 0.05) is 25.4 Å². The number of nitrogens with zero attached hydrogens (tertiary/aromatic N) is 4. The fraction of sp³-hybridized carbons (Fsp3) is 0.471. The number of nitrogens with one attached hydrogen (secondary N) is 1. The minimum Gasteiger partial charge on any atom is -0.376 e. The summed E-state index contributed by atoms with van der Waals surface area (Å²) in [7, 11) is 0. The van der Waals surface area contributed by atoms with E-state index in [4.69, 9.17) is 4.74 Å². The van der Waals surface area contributed by atoms with Gasteiger partial charge in [-0.3, -0.25) is 0 Å². The molecule has 128 valence electrons. The molecule has 0 saturated carbocycles. The maximum absolute atomic E-state index is 12.4. The Morgan fingerprint density at radius 3 is 2.92 bits per heavy atom. The molecule has 1 saturated heterocycles. The molecule has 7 heteroatoms. The highest BCUT2D eigenvalue weighted by Gasteiger charge is 2.24. The van der Waals surface area contributed by atoms with E-state index in [9.17, 15) is 4.79 Å². The summed E-state index contributed by atoms with van der Waals surface area (Å²) in [5.41, 5.74) is 1.66. The number of urea groups is 1. The molecule has 1 fully saturated rings. The van der Waals surface area contributed by atoms with Gasteiger partial charge in [0.25, 0.3) is 0 Å². The Kier molecular flexibility index (Phi) is 5.43. The molecule has 0 aliphatic carbocycles. The molecule has 1 aromatic heterocycles. The lowest BCUT2D eigenvalue weighted by atomic mass is 10.1. The largest absolute Gasteiger partial charge is 0.376 e. The van der Waals surface area contributed by atoms with Crippen LogP contribution in [0.2, 0.25) is 0 Å². The van der Waals surface area contributed by atoms with Crippen molar-refractivity contribution in [1.82, 2.24) is 19.7 Å². The third-order valence-electron chi connectivity index (χ3n) is 4.02. The molecule has 1 aliphatic rings. The van der Waals surface area contributed by atoms with Crippen LogP contribution in [0.1, 0.15) is 26.2 Å². The van der Waals surface area contributed by atoms with Crippen molar-refractivity contribution in [3.8, 4) is 5.69 Å². The molecule has 0 bridgehead atoms. The van der Waals surface area contributed by atoms with E-state index in [1.807, 2.05) is 29.2 Å². The van der Waals surface area contributed by atoms with Crippen molar-refractivity contribution in [2.45, 2.75) is 32.3 Å². The number of hydrogen-bond acceptors (Lipinski definition) is 4. The van der Waals surface area contributed by atoms with E-state index in [0.717, 1.165) is 43.8 Å². The number of carbonyl (C=O) groups is 1. The van der Waals surface area contributed by atoms with E-state index in [1.165, 1.54) is 6.33 Å². The minimum atomic E-state index is -0.0756. The smallest absolute Gasteiger partial charge is 0.321 e. The van der Waals surface area contributed by atoms with Gasteiger partial charge < -0.3 is 15.0 Å². The van der Waals surface area contributed by atoms with Crippen molar-refractivity contribution in [3.05, 3.63) is 36.9 Å². The molecule has 2 amide bonds. The molecule has 3 rings (SSSR count). The second-order valence-corrected chi connectivity index (χ2v) is 5.90. The van der Waals surface area contributed by atoms with Gasteiger partial charge in [-0.2, -0.15) is 5.10 Å². The summed E-state index contributed by atoms with van der Waals surface area (Å²) in [6.45, 7) is 4.28. The molecule has 7 nitrogen and oxygen atoms in total. The van der Waals surface area contributed by atoms with Crippen LogP contribution >= 0.6 is 0 Å². The Morgan fingerprint density at radius 1 is 1.38 bits per heavy atom. The average Bonchev–Trinajstić information content (AvgIpc) is 3.15. The lowest BCUT2D eigenvalue weighted by molar-refractivity contribution is 0.0115. The van der Waals surface area contributed by atoms with Crippen molar-refractivity contribution < 1.29 is 9.53 Å². The fourth-order valence-corrected chi connectivity index (χ4v) is 2.78. The number of anilines is 1. The normalized spacial score (nSPS) is 17.7. The lowest BCUT2D eigenvalue weighted by Crippen LogP contribution is -2.45. The van der Waals surface area contributed by atoms with E-state index in [-0.39, 0.29) is 12.1 Å². The van der Waals surface area contributed by atoms with Crippen LogP contribution in [0, 0.1) is 0 Å².